The number of alkyl halides is 3. The first-order valence-corrected chi connectivity index (χ1v) is 10.3. The zero-order valence-corrected chi connectivity index (χ0v) is 18.5. The third-order valence-corrected chi connectivity index (χ3v) is 5.35. The molecule has 178 valence electrons. The first-order chi connectivity index (χ1) is 16.5. The second-order valence-electron chi connectivity index (χ2n) is 7.34. The molecular weight excluding hydrogens is 489 g/mol. The van der Waals surface area contributed by atoms with Crippen LogP contribution in [0.5, 0.6) is 5.75 Å². The number of fused-ring (bicyclic) bond motifs is 1. The van der Waals surface area contributed by atoms with Crippen molar-refractivity contribution in [3.05, 3.63) is 88.3 Å². The van der Waals surface area contributed by atoms with E-state index in [1.54, 1.807) is 18.2 Å². The Morgan fingerprint density at radius 3 is 2.46 bits per heavy atom. The molecule has 0 aliphatic heterocycles. The molecule has 4 rings (SSSR count). The number of hydrogen-bond acceptors (Lipinski definition) is 5. The van der Waals surface area contributed by atoms with Gasteiger partial charge in [0.2, 0.25) is 5.78 Å². The minimum Gasteiger partial charge on any atom is -0.478 e. The fourth-order valence-electron chi connectivity index (χ4n) is 3.60. The summed E-state index contributed by atoms with van der Waals surface area (Å²) in [5, 5.41) is 8.99. The van der Waals surface area contributed by atoms with Gasteiger partial charge < -0.3 is 9.84 Å². The highest BCUT2D eigenvalue weighted by Gasteiger charge is 2.37. The first kappa shape index (κ1) is 24.0. The number of aromatic nitrogens is 2. The molecule has 0 aliphatic carbocycles. The number of carboxylic acid groups (broad SMARTS) is 1. The van der Waals surface area contributed by atoms with Crippen LogP contribution in [0.1, 0.15) is 39.0 Å². The maximum absolute atomic E-state index is 13.6. The lowest BCUT2D eigenvalue weighted by molar-refractivity contribution is -0.138. The highest BCUT2D eigenvalue weighted by Crippen LogP contribution is 2.37. The Morgan fingerprint density at radius 2 is 1.80 bits per heavy atom. The van der Waals surface area contributed by atoms with Crippen molar-refractivity contribution in [1.82, 2.24) is 9.38 Å². The smallest absolute Gasteiger partial charge is 0.417 e. The molecule has 0 atom stereocenters. The average Bonchev–Trinajstić information content (AvgIpc) is 3.17. The topological polar surface area (TPSA) is 98.0 Å². The van der Waals surface area contributed by atoms with Gasteiger partial charge in [-0.1, -0.05) is 29.8 Å². The molecule has 0 bridgehead atoms. The third-order valence-electron chi connectivity index (χ3n) is 5.04. The number of imidazole rings is 1. The van der Waals surface area contributed by atoms with Gasteiger partial charge in [0, 0.05) is 18.7 Å². The van der Waals surface area contributed by atoms with E-state index in [-0.39, 0.29) is 33.4 Å². The van der Waals surface area contributed by atoms with Crippen LogP contribution < -0.4 is 4.74 Å². The van der Waals surface area contributed by atoms with Crippen molar-refractivity contribution in [2.75, 3.05) is 0 Å². The zero-order chi connectivity index (χ0) is 25.5. The molecular formula is C24H14ClF3N2O5. The van der Waals surface area contributed by atoms with Gasteiger partial charge in [0.25, 0.3) is 0 Å². The normalized spacial score (nSPS) is 11.5. The molecule has 11 heteroatoms. The van der Waals surface area contributed by atoms with Crippen molar-refractivity contribution in [2.24, 2.45) is 0 Å². The fraction of sp³-hybridized carbons (Fsp3) is 0.0833. The van der Waals surface area contributed by atoms with E-state index in [0.29, 0.717) is 5.52 Å². The molecule has 0 radical (unpaired) electrons. The molecule has 2 heterocycles. The number of benzene rings is 2. The predicted octanol–water partition coefficient (Wildman–Crippen LogP) is 5.53. The van der Waals surface area contributed by atoms with Gasteiger partial charge in [-0.25, -0.2) is 9.78 Å². The molecule has 0 saturated heterocycles. The van der Waals surface area contributed by atoms with Crippen LogP contribution in [0.15, 0.2) is 60.8 Å². The molecule has 4 aromatic rings. The number of carbonyl (C=O) groups is 3. The maximum Gasteiger partial charge on any atom is 0.417 e. The molecule has 0 fully saturated rings. The number of carboxylic acids is 1. The minimum atomic E-state index is -4.84. The number of pyridine rings is 1. The van der Waals surface area contributed by atoms with Crippen LogP contribution in [0.4, 0.5) is 13.2 Å². The van der Waals surface area contributed by atoms with E-state index in [4.69, 9.17) is 16.3 Å². The van der Waals surface area contributed by atoms with Crippen LogP contribution in [-0.2, 0) is 11.0 Å². The molecule has 0 spiro atoms. The maximum atomic E-state index is 13.6. The first-order valence-electron chi connectivity index (χ1n) is 9.92. The van der Waals surface area contributed by atoms with E-state index in [2.05, 4.69) is 4.98 Å². The van der Waals surface area contributed by atoms with Gasteiger partial charge in [-0.3, -0.25) is 14.0 Å². The van der Waals surface area contributed by atoms with E-state index < -0.39 is 35.0 Å². The van der Waals surface area contributed by atoms with E-state index in [0.717, 1.165) is 19.1 Å². The fourth-order valence-corrected chi connectivity index (χ4v) is 3.86. The minimum absolute atomic E-state index is 0.153. The number of ether oxygens (including phenoxy) is 1. The SMILES string of the molecule is CC(=O)Oc1cc(-c2nc(C(=O)c3c(Cl)cccc3C(F)(F)F)n3ccccc23)ccc1C(=O)O. The monoisotopic (exact) mass is 502 g/mol. The van der Waals surface area contributed by atoms with Crippen LogP contribution >= 0.6 is 11.6 Å². The Morgan fingerprint density at radius 1 is 1.06 bits per heavy atom. The lowest BCUT2D eigenvalue weighted by Gasteiger charge is -2.13. The number of hydrogen-bond donors (Lipinski definition) is 1. The Bertz CT molecular complexity index is 1510. The van der Waals surface area contributed by atoms with Crippen molar-refractivity contribution < 1.29 is 37.4 Å². The van der Waals surface area contributed by atoms with Crippen LogP contribution in [0.3, 0.4) is 0 Å². The van der Waals surface area contributed by atoms with Crippen molar-refractivity contribution in [2.45, 2.75) is 13.1 Å². The summed E-state index contributed by atoms with van der Waals surface area (Å²) in [6.07, 6.45) is -3.39. The summed E-state index contributed by atoms with van der Waals surface area (Å²) in [4.78, 5) is 40.6. The largest absolute Gasteiger partial charge is 0.478 e. The molecule has 7 nitrogen and oxygen atoms in total. The summed E-state index contributed by atoms with van der Waals surface area (Å²) in [6.45, 7) is 1.10. The number of aromatic carboxylic acids is 1. The van der Waals surface area contributed by atoms with Gasteiger partial charge in [-0.2, -0.15) is 13.2 Å². The summed E-state index contributed by atoms with van der Waals surface area (Å²) in [5.74, 6) is -3.74. The van der Waals surface area contributed by atoms with Crippen LogP contribution in [0.25, 0.3) is 16.8 Å². The lowest BCUT2D eigenvalue weighted by Crippen LogP contribution is -2.16. The third kappa shape index (κ3) is 4.47. The number of esters is 1. The van der Waals surface area contributed by atoms with Gasteiger partial charge >= 0.3 is 18.1 Å². The van der Waals surface area contributed by atoms with Gasteiger partial charge in [0.15, 0.2) is 5.82 Å². The number of nitrogens with zero attached hydrogens (tertiary/aromatic N) is 2. The Labute approximate surface area is 200 Å². The standard InChI is InChI=1S/C24H14ClF3N2O5/c1-12(31)35-18-11-13(8-9-14(18)23(33)34)20-17-7-2-3-10-30(17)22(29-20)21(32)19-15(24(26,27)28)5-4-6-16(19)25/h2-11H,1H3,(H,33,34). The van der Waals surface area contributed by atoms with Gasteiger partial charge in [-0.05, 0) is 36.4 Å². The van der Waals surface area contributed by atoms with E-state index in [1.165, 1.54) is 34.9 Å². The van der Waals surface area contributed by atoms with E-state index in [9.17, 15) is 32.7 Å². The molecule has 35 heavy (non-hydrogen) atoms. The summed E-state index contributed by atoms with van der Waals surface area (Å²) in [5.41, 5.74) is -1.47. The number of ketones is 1. The highest BCUT2D eigenvalue weighted by atomic mass is 35.5. The molecule has 0 saturated carbocycles. The quantitative estimate of drug-likeness (QED) is 0.219. The van der Waals surface area contributed by atoms with Crippen molar-refractivity contribution in [1.29, 1.82) is 0 Å². The summed E-state index contributed by atoms with van der Waals surface area (Å²) >= 11 is 6.01. The second kappa shape index (κ2) is 8.88. The predicted molar refractivity (Wildman–Crippen MR) is 119 cm³/mol. The van der Waals surface area contributed by atoms with Gasteiger partial charge in [0.1, 0.15) is 11.3 Å². The van der Waals surface area contributed by atoms with Crippen molar-refractivity contribution in [3.8, 4) is 17.0 Å². The molecule has 0 amide bonds. The summed E-state index contributed by atoms with van der Waals surface area (Å²) in [6, 6.07) is 11.6. The van der Waals surface area contributed by atoms with Gasteiger partial charge in [0.05, 0.1) is 27.4 Å². The van der Waals surface area contributed by atoms with Crippen LogP contribution in [0.2, 0.25) is 5.02 Å². The lowest BCUT2D eigenvalue weighted by atomic mass is 10.0. The van der Waals surface area contributed by atoms with Crippen LogP contribution in [0, 0.1) is 0 Å². The number of rotatable bonds is 5. The number of carbonyl (C=O) groups excluding carboxylic acids is 2. The average molecular weight is 503 g/mol. The van der Waals surface area contributed by atoms with E-state index in [1.807, 2.05) is 0 Å². The summed E-state index contributed by atoms with van der Waals surface area (Å²) < 4.78 is 47.2. The van der Waals surface area contributed by atoms with Crippen molar-refractivity contribution >= 4 is 34.8 Å². The van der Waals surface area contributed by atoms with Crippen molar-refractivity contribution in [3.63, 3.8) is 0 Å². The van der Waals surface area contributed by atoms with Gasteiger partial charge in [-0.15, -0.1) is 0 Å². The molecule has 1 N–H and O–H groups in total. The molecule has 0 unspecified atom stereocenters. The molecule has 2 aromatic heterocycles. The Balaban J connectivity index is 1.93. The highest BCUT2D eigenvalue weighted by molar-refractivity contribution is 6.35. The zero-order valence-electron chi connectivity index (χ0n) is 17.8. The van der Waals surface area contributed by atoms with E-state index >= 15 is 0 Å². The molecule has 0 aliphatic rings. The second-order valence-corrected chi connectivity index (χ2v) is 7.75. The van der Waals surface area contributed by atoms with Crippen LogP contribution in [-0.4, -0.2) is 32.2 Å². The summed E-state index contributed by atoms with van der Waals surface area (Å²) in [7, 11) is 0. The molecule has 2 aromatic carbocycles. The Hall–Kier alpha value is -4.18. The number of halogens is 4. The Kier molecular flexibility index (Phi) is 6.08.